The molecule has 2 saturated heterocycles. The summed E-state index contributed by atoms with van der Waals surface area (Å²) in [5, 5.41) is 3.69. The first-order valence-electron chi connectivity index (χ1n) is 7.38. The van der Waals surface area contributed by atoms with Crippen molar-refractivity contribution in [2.75, 3.05) is 37.7 Å². The van der Waals surface area contributed by atoms with Crippen LogP contribution in [0.15, 0.2) is 18.2 Å². The molecule has 1 aromatic rings. The molecule has 0 aliphatic carbocycles. The summed E-state index contributed by atoms with van der Waals surface area (Å²) in [5.41, 5.74) is 4.34. The van der Waals surface area contributed by atoms with Gasteiger partial charge in [-0.3, -0.25) is 0 Å². The Morgan fingerprint density at radius 3 is 2.74 bits per heavy atom. The Morgan fingerprint density at radius 2 is 2.05 bits per heavy atom. The van der Waals surface area contributed by atoms with Gasteiger partial charge in [0.05, 0.1) is 13.2 Å². The molecule has 104 valence electrons. The summed E-state index contributed by atoms with van der Waals surface area (Å²) in [5.74, 6) is 0. The van der Waals surface area contributed by atoms with Crippen molar-refractivity contribution in [2.45, 2.75) is 32.2 Å². The molecule has 1 N–H and O–H groups in total. The molecule has 2 aliphatic heterocycles. The molecule has 0 amide bonds. The van der Waals surface area contributed by atoms with Gasteiger partial charge in [-0.15, -0.1) is 0 Å². The molecule has 0 spiro atoms. The predicted octanol–water partition coefficient (Wildman–Crippen LogP) is 2.43. The quantitative estimate of drug-likeness (QED) is 0.884. The van der Waals surface area contributed by atoms with Crippen LogP contribution in [0.4, 0.5) is 5.69 Å². The van der Waals surface area contributed by atoms with Gasteiger partial charge in [-0.1, -0.05) is 12.1 Å². The first-order valence-corrected chi connectivity index (χ1v) is 7.38. The second-order valence-corrected chi connectivity index (χ2v) is 5.98. The third-order valence-electron chi connectivity index (χ3n) is 4.47. The van der Waals surface area contributed by atoms with Crippen molar-refractivity contribution < 1.29 is 4.74 Å². The highest BCUT2D eigenvalue weighted by molar-refractivity contribution is 5.58. The lowest BCUT2D eigenvalue weighted by Gasteiger charge is -2.35. The van der Waals surface area contributed by atoms with Crippen molar-refractivity contribution in [3.8, 4) is 0 Å². The Balaban J connectivity index is 1.98. The third kappa shape index (κ3) is 2.49. The summed E-state index contributed by atoms with van der Waals surface area (Å²) >= 11 is 0. The van der Waals surface area contributed by atoms with E-state index in [1.165, 1.54) is 29.7 Å². The van der Waals surface area contributed by atoms with Crippen LogP contribution in [0.1, 0.15) is 30.9 Å². The van der Waals surface area contributed by atoms with Crippen molar-refractivity contribution in [3.05, 3.63) is 29.3 Å². The maximum atomic E-state index is 5.48. The van der Waals surface area contributed by atoms with E-state index in [2.05, 4.69) is 42.3 Å². The number of morpholine rings is 1. The smallest absolute Gasteiger partial charge is 0.0642 e. The molecule has 0 saturated carbocycles. The van der Waals surface area contributed by atoms with Crippen molar-refractivity contribution in [1.82, 2.24) is 5.32 Å². The molecular formula is C16H24N2O. The van der Waals surface area contributed by atoms with Crippen LogP contribution >= 0.6 is 0 Å². The maximum absolute atomic E-state index is 5.48. The Hall–Kier alpha value is -1.06. The van der Waals surface area contributed by atoms with Gasteiger partial charge in [-0.2, -0.15) is 0 Å². The molecule has 1 atom stereocenters. The van der Waals surface area contributed by atoms with Crippen LogP contribution in [-0.4, -0.2) is 32.8 Å². The molecule has 0 aromatic heterocycles. The number of benzene rings is 1. The molecule has 3 nitrogen and oxygen atoms in total. The number of anilines is 1. The van der Waals surface area contributed by atoms with Gasteiger partial charge in [0.1, 0.15) is 0 Å². The van der Waals surface area contributed by atoms with E-state index < -0.39 is 0 Å². The van der Waals surface area contributed by atoms with E-state index in [1.807, 2.05) is 0 Å². The lowest BCUT2D eigenvalue weighted by Crippen LogP contribution is -2.40. The molecular weight excluding hydrogens is 236 g/mol. The largest absolute Gasteiger partial charge is 0.378 e. The van der Waals surface area contributed by atoms with Crippen LogP contribution in [0.5, 0.6) is 0 Å². The lowest BCUT2D eigenvalue weighted by molar-refractivity contribution is 0.122. The fourth-order valence-corrected chi connectivity index (χ4v) is 3.30. The SMILES string of the molecule is Cc1ccc(C2(C)CCCN2)c(N2CCOCC2)c1. The average Bonchev–Trinajstić information content (AvgIpc) is 2.87. The molecule has 3 heteroatoms. The molecule has 2 aliphatic rings. The zero-order chi connectivity index (χ0) is 13.3. The molecule has 19 heavy (non-hydrogen) atoms. The van der Waals surface area contributed by atoms with Crippen molar-refractivity contribution in [2.24, 2.45) is 0 Å². The second kappa shape index (κ2) is 5.14. The Bertz CT molecular complexity index is 446. The highest BCUT2D eigenvalue weighted by Crippen LogP contribution is 2.37. The van der Waals surface area contributed by atoms with Crippen LogP contribution in [0.25, 0.3) is 0 Å². The van der Waals surface area contributed by atoms with Gasteiger partial charge in [0, 0.05) is 24.3 Å². The van der Waals surface area contributed by atoms with Gasteiger partial charge in [0.15, 0.2) is 0 Å². The lowest BCUT2D eigenvalue weighted by atomic mass is 9.88. The van der Waals surface area contributed by atoms with Crippen molar-refractivity contribution in [3.63, 3.8) is 0 Å². The van der Waals surface area contributed by atoms with E-state index in [4.69, 9.17) is 4.74 Å². The van der Waals surface area contributed by atoms with E-state index in [-0.39, 0.29) is 5.54 Å². The fourth-order valence-electron chi connectivity index (χ4n) is 3.30. The first kappa shape index (κ1) is 12.9. The van der Waals surface area contributed by atoms with Gasteiger partial charge in [0.2, 0.25) is 0 Å². The van der Waals surface area contributed by atoms with Gasteiger partial charge < -0.3 is 15.0 Å². The zero-order valence-electron chi connectivity index (χ0n) is 12.0. The molecule has 3 rings (SSSR count). The van der Waals surface area contributed by atoms with Crippen LogP contribution in [0, 0.1) is 6.92 Å². The van der Waals surface area contributed by atoms with E-state index >= 15 is 0 Å². The van der Waals surface area contributed by atoms with Crippen molar-refractivity contribution >= 4 is 5.69 Å². The number of hydrogen-bond donors (Lipinski definition) is 1. The Labute approximate surface area is 115 Å². The Kier molecular flexibility index (Phi) is 3.50. The number of aryl methyl sites for hydroxylation is 1. The minimum atomic E-state index is 0.140. The second-order valence-electron chi connectivity index (χ2n) is 5.98. The number of nitrogens with zero attached hydrogens (tertiary/aromatic N) is 1. The minimum Gasteiger partial charge on any atom is -0.378 e. The minimum absolute atomic E-state index is 0.140. The Morgan fingerprint density at radius 1 is 1.26 bits per heavy atom. The van der Waals surface area contributed by atoms with Gasteiger partial charge in [-0.05, 0) is 50.4 Å². The summed E-state index contributed by atoms with van der Waals surface area (Å²) in [4.78, 5) is 2.48. The number of hydrogen-bond acceptors (Lipinski definition) is 3. The molecule has 1 unspecified atom stereocenters. The fraction of sp³-hybridized carbons (Fsp3) is 0.625. The summed E-state index contributed by atoms with van der Waals surface area (Å²) in [6, 6.07) is 6.90. The third-order valence-corrected chi connectivity index (χ3v) is 4.47. The summed E-state index contributed by atoms with van der Waals surface area (Å²) in [6.45, 7) is 9.35. The summed E-state index contributed by atoms with van der Waals surface area (Å²) in [6.07, 6.45) is 2.50. The maximum Gasteiger partial charge on any atom is 0.0642 e. The van der Waals surface area contributed by atoms with Gasteiger partial charge in [-0.25, -0.2) is 0 Å². The molecule has 2 fully saturated rings. The van der Waals surface area contributed by atoms with Crippen LogP contribution in [0.3, 0.4) is 0 Å². The standard InChI is InChI=1S/C16H24N2O/c1-13-4-5-14(16(2)6-3-7-17-16)15(12-13)18-8-10-19-11-9-18/h4-5,12,17H,3,6-11H2,1-2H3. The first-order chi connectivity index (χ1) is 9.19. The number of rotatable bonds is 2. The average molecular weight is 260 g/mol. The van der Waals surface area contributed by atoms with Crippen molar-refractivity contribution in [1.29, 1.82) is 0 Å². The molecule has 0 bridgehead atoms. The van der Waals surface area contributed by atoms with Crippen LogP contribution in [0.2, 0.25) is 0 Å². The summed E-state index contributed by atoms with van der Waals surface area (Å²) in [7, 11) is 0. The molecule has 0 radical (unpaired) electrons. The van der Waals surface area contributed by atoms with Gasteiger partial charge in [0.25, 0.3) is 0 Å². The highest BCUT2D eigenvalue weighted by Gasteiger charge is 2.33. The van der Waals surface area contributed by atoms with E-state index in [0.29, 0.717) is 0 Å². The predicted molar refractivity (Wildman–Crippen MR) is 78.8 cm³/mol. The molecule has 1 aromatic carbocycles. The topological polar surface area (TPSA) is 24.5 Å². The monoisotopic (exact) mass is 260 g/mol. The summed E-state index contributed by atoms with van der Waals surface area (Å²) < 4.78 is 5.48. The van der Waals surface area contributed by atoms with E-state index in [0.717, 1.165) is 32.8 Å². The molecule has 2 heterocycles. The zero-order valence-corrected chi connectivity index (χ0v) is 12.0. The van der Waals surface area contributed by atoms with Gasteiger partial charge >= 0.3 is 0 Å². The highest BCUT2D eigenvalue weighted by atomic mass is 16.5. The number of ether oxygens (including phenoxy) is 1. The number of nitrogens with one attached hydrogen (secondary N) is 1. The van der Waals surface area contributed by atoms with E-state index in [1.54, 1.807) is 0 Å². The van der Waals surface area contributed by atoms with Crippen LogP contribution < -0.4 is 10.2 Å². The van der Waals surface area contributed by atoms with Crippen LogP contribution in [-0.2, 0) is 10.3 Å². The normalized spacial score (nSPS) is 27.8. The van der Waals surface area contributed by atoms with E-state index in [9.17, 15) is 0 Å².